The highest BCUT2D eigenvalue weighted by Gasteiger charge is 2.18. The Morgan fingerprint density at radius 1 is 1.32 bits per heavy atom. The van der Waals surface area contributed by atoms with Crippen LogP contribution in [-0.2, 0) is 4.79 Å². The fraction of sp³-hybridized carbons (Fsp3) is 0.500. The van der Waals surface area contributed by atoms with Crippen molar-refractivity contribution in [2.75, 3.05) is 6.61 Å². The minimum atomic E-state index is -0.654. The molecular weight excluding hydrogens is 238 g/mol. The average Bonchev–Trinajstić information content (AvgIpc) is 2.39. The Morgan fingerprint density at radius 2 is 1.95 bits per heavy atom. The summed E-state index contributed by atoms with van der Waals surface area (Å²) in [7, 11) is 0. The molecule has 1 atom stereocenters. The van der Waals surface area contributed by atoms with Gasteiger partial charge in [0.2, 0.25) is 0 Å². The number of Topliss-reactive ketones (excluding diaryl/α,β-unsaturated/α-hetero) is 1. The van der Waals surface area contributed by atoms with Gasteiger partial charge in [0.25, 0.3) is 0 Å². The topological polar surface area (TPSA) is 50.1 Å². The van der Waals surface area contributed by atoms with Gasteiger partial charge in [-0.3, -0.25) is 4.79 Å². The number of nitrogens with zero attached hydrogens (tertiary/aromatic N) is 1. The molecule has 1 aromatic rings. The van der Waals surface area contributed by atoms with E-state index in [2.05, 4.69) is 19.9 Å². The van der Waals surface area contributed by atoms with Crippen LogP contribution < -0.4 is 4.74 Å². The molecule has 0 spiro atoms. The number of ether oxygens (including phenoxy) is 1. The van der Waals surface area contributed by atoms with E-state index in [0.717, 1.165) is 17.7 Å². The zero-order valence-electron chi connectivity index (χ0n) is 11.8. The van der Waals surface area contributed by atoms with Gasteiger partial charge in [-0.2, -0.15) is 5.26 Å². The molecule has 0 heterocycles. The van der Waals surface area contributed by atoms with E-state index in [0.29, 0.717) is 18.9 Å². The van der Waals surface area contributed by atoms with Gasteiger partial charge in [0.1, 0.15) is 11.7 Å². The first-order chi connectivity index (χ1) is 9.08. The molecule has 1 rings (SSSR count). The Kier molecular flexibility index (Phi) is 6.08. The van der Waals surface area contributed by atoms with Crippen LogP contribution in [-0.4, -0.2) is 12.4 Å². The first-order valence-corrected chi connectivity index (χ1v) is 6.73. The predicted molar refractivity (Wildman–Crippen MR) is 75.0 cm³/mol. The van der Waals surface area contributed by atoms with Crippen molar-refractivity contribution in [3.8, 4) is 11.8 Å². The summed E-state index contributed by atoms with van der Waals surface area (Å²) in [5.74, 6) is 0.578. The van der Waals surface area contributed by atoms with E-state index in [1.807, 2.05) is 19.1 Å². The van der Waals surface area contributed by atoms with Crippen LogP contribution in [0.5, 0.6) is 5.75 Å². The third-order valence-electron chi connectivity index (χ3n) is 2.74. The van der Waals surface area contributed by atoms with Crippen LogP contribution in [0.4, 0.5) is 0 Å². The molecule has 0 aliphatic heterocycles. The van der Waals surface area contributed by atoms with Crippen molar-refractivity contribution in [1.29, 1.82) is 5.26 Å². The van der Waals surface area contributed by atoms with E-state index in [1.165, 1.54) is 0 Å². The summed E-state index contributed by atoms with van der Waals surface area (Å²) in [6.07, 6.45) is 1.22. The quantitative estimate of drug-likeness (QED) is 0.750. The Balaban J connectivity index is 2.74. The van der Waals surface area contributed by atoms with Gasteiger partial charge in [-0.25, -0.2) is 0 Å². The van der Waals surface area contributed by atoms with Crippen LogP contribution in [0.1, 0.15) is 45.1 Å². The van der Waals surface area contributed by atoms with Gasteiger partial charge < -0.3 is 4.74 Å². The smallest absolute Gasteiger partial charge is 0.154 e. The summed E-state index contributed by atoms with van der Waals surface area (Å²) >= 11 is 0. The van der Waals surface area contributed by atoms with E-state index in [-0.39, 0.29) is 5.78 Å². The van der Waals surface area contributed by atoms with Crippen molar-refractivity contribution in [2.24, 2.45) is 5.92 Å². The number of rotatable bonds is 7. The summed E-state index contributed by atoms with van der Waals surface area (Å²) in [5, 5.41) is 9.12. The fourth-order valence-corrected chi connectivity index (χ4v) is 1.74. The highest BCUT2D eigenvalue weighted by Crippen LogP contribution is 2.21. The molecular formula is C16H21NO2. The van der Waals surface area contributed by atoms with Crippen molar-refractivity contribution in [1.82, 2.24) is 0 Å². The van der Waals surface area contributed by atoms with Crippen LogP contribution in [0.3, 0.4) is 0 Å². The monoisotopic (exact) mass is 259 g/mol. The van der Waals surface area contributed by atoms with Crippen LogP contribution in [0.2, 0.25) is 0 Å². The molecule has 0 aliphatic carbocycles. The summed E-state index contributed by atoms with van der Waals surface area (Å²) in [6, 6.07) is 9.33. The summed E-state index contributed by atoms with van der Waals surface area (Å²) in [4.78, 5) is 11.8. The lowest BCUT2D eigenvalue weighted by atomic mass is 9.94. The normalized spacial score (nSPS) is 11.9. The lowest BCUT2D eigenvalue weighted by Gasteiger charge is -2.11. The maximum absolute atomic E-state index is 11.8. The number of nitriles is 1. The number of carbonyl (C=O) groups excluding carboxylic acids is 1. The van der Waals surface area contributed by atoms with Crippen LogP contribution in [0.15, 0.2) is 24.3 Å². The minimum absolute atomic E-state index is 0.0131. The van der Waals surface area contributed by atoms with E-state index in [1.54, 1.807) is 12.1 Å². The van der Waals surface area contributed by atoms with Gasteiger partial charge >= 0.3 is 0 Å². The number of benzene rings is 1. The zero-order chi connectivity index (χ0) is 14.3. The molecule has 0 radical (unpaired) electrons. The number of ketones is 1. The largest absolute Gasteiger partial charge is 0.493 e. The first kappa shape index (κ1) is 15.2. The third kappa shape index (κ3) is 4.75. The zero-order valence-corrected chi connectivity index (χ0v) is 11.8. The van der Waals surface area contributed by atoms with E-state index < -0.39 is 5.92 Å². The van der Waals surface area contributed by atoms with E-state index in [9.17, 15) is 4.79 Å². The highest BCUT2D eigenvalue weighted by atomic mass is 16.5. The lowest BCUT2D eigenvalue weighted by Crippen LogP contribution is -2.10. The molecule has 3 heteroatoms. The van der Waals surface area contributed by atoms with Gasteiger partial charge in [0.05, 0.1) is 12.7 Å². The van der Waals surface area contributed by atoms with Crippen molar-refractivity contribution in [2.45, 2.75) is 39.5 Å². The van der Waals surface area contributed by atoms with Gasteiger partial charge in [0.15, 0.2) is 5.78 Å². The van der Waals surface area contributed by atoms with Gasteiger partial charge in [0, 0.05) is 6.42 Å². The van der Waals surface area contributed by atoms with E-state index >= 15 is 0 Å². The maximum Gasteiger partial charge on any atom is 0.154 e. The summed E-state index contributed by atoms with van der Waals surface area (Å²) in [5.41, 5.74) is 0.748. The molecule has 0 bridgehead atoms. The van der Waals surface area contributed by atoms with E-state index in [4.69, 9.17) is 10.00 Å². The Bertz CT molecular complexity index is 443. The van der Waals surface area contributed by atoms with Crippen molar-refractivity contribution < 1.29 is 9.53 Å². The number of carbonyl (C=O) groups is 1. The lowest BCUT2D eigenvalue weighted by molar-refractivity contribution is -0.119. The van der Waals surface area contributed by atoms with Crippen LogP contribution in [0.25, 0.3) is 0 Å². The Labute approximate surface area is 115 Å². The second-order valence-corrected chi connectivity index (χ2v) is 5.05. The second kappa shape index (κ2) is 7.58. The molecule has 0 saturated carbocycles. The summed E-state index contributed by atoms with van der Waals surface area (Å²) in [6.45, 7) is 6.78. The minimum Gasteiger partial charge on any atom is -0.493 e. The molecule has 102 valence electrons. The molecule has 0 aromatic heterocycles. The number of hydrogen-bond acceptors (Lipinski definition) is 3. The van der Waals surface area contributed by atoms with Gasteiger partial charge in [-0.1, -0.05) is 32.9 Å². The molecule has 0 N–H and O–H groups in total. The fourth-order valence-electron chi connectivity index (χ4n) is 1.74. The van der Waals surface area contributed by atoms with Crippen molar-refractivity contribution >= 4 is 5.78 Å². The highest BCUT2D eigenvalue weighted by molar-refractivity contribution is 5.88. The van der Waals surface area contributed by atoms with Gasteiger partial charge in [-0.05, 0) is 30.0 Å². The molecule has 1 aromatic carbocycles. The second-order valence-electron chi connectivity index (χ2n) is 5.05. The Hall–Kier alpha value is -1.82. The standard InChI is InChI=1S/C16H21NO2/c1-4-5-16(18)15(10-17)13-6-8-14(9-7-13)19-11-12(2)3/h6-9,12,15H,4-5,11H2,1-3H3. The van der Waals surface area contributed by atoms with Crippen molar-refractivity contribution in [3.05, 3.63) is 29.8 Å². The SMILES string of the molecule is CCCC(=O)C(C#N)c1ccc(OCC(C)C)cc1. The molecule has 0 amide bonds. The molecule has 0 saturated heterocycles. The molecule has 0 aliphatic rings. The maximum atomic E-state index is 11.8. The third-order valence-corrected chi connectivity index (χ3v) is 2.74. The molecule has 1 unspecified atom stereocenters. The van der Waals surface area contributed by atoms with Crippen molar-refractivity contribution in [3.63, 3.8) is 0 Å². The molecule has 0 fully saturated rings. The van der Waals surface area contributed by atoms with Crippen LogP contribution >= 0.6 is 0 Å². The Morgan fingerprint density at radius 3 is 2.42 bits per heavy atom. The molecule has 19 heavy (non-hydrogen) atoms. The molecule has 3 nitrogen and oxygen atoms in total. The summed E-state index contributed by atoms with van der Waals surface area (Å²) < 4.78 is 5.58. The van der Waals surface area contributed by atoms with Gasteiger partial charge in [-0.15, -0.1) is 0 Å². The average molecular weight is 259 g/mol. The predicted octanol–water partition coefficient (Wildman–Crippen LogP) is 3.70. The number of hydrogen-bond donors (Lipinski definition) is 0. The first-order valence-electron chi connectivity index (χ1n) is 6.73. The van der Waals surface area contributed by atoms with Crippen LogP contribution in [0, 0.1) is 17.2 Å².